The highest BCUT2D eigenvalue weighted by atomic mass is 35.5. The van der Waals surface area contributed by atoms with Gasteiger partial charge in [-0.25, -0.2) is 0 Å². The molecule has 0 aliphatic rings. The third kappa shape index (κ3) is 2.16. The Labute approximate surface area is 92.8 Å². The molecule has 0 saturated heterocycles. The minimum absolute atomic E-state index is 0.144. The van der Waals surface area contributed by atoms with Crippen LogP contribution < -0.4 is 0 Å². The molecule has 1 heterocycles. The number of halogens is 4. The van der Waals surface area contributed by atoms with Crippen molar-refractivity contribution in [3.63, 3.8) is 0 Å². The predicted molar refractivity (Wildman–Crippen MR) is 49.7 cm³/mol. The minimum atomic E-state index is -4.64. The fourth-order valence-electron chi connectivity index (χ4n) is 1.08. The van der Waals surface area contributed by atoms with Gasteiger partial charge in [-0.2, -0.15) is 18.2 Å². The van der Waals surface area contributed by atoms with Crippen molar-refractivity contribution >= 4 is 11.6 Å². The molecule has 0 unspecified atom stereocenters. The summed E-state index contributed by atoms with van der Waals surface area (Å²) in [4.78, 5) is 3.23. The van der Waals surface area contributed by atoms with Crippen LogP contribution in [0.3, 0.4) is 0 Å². The average molecular weight is 249 g/mol. The van der Waals surface area contributed by atoms with Crippen LogP contribution in [0.5, 0.6) is 0 Å². The number of alkyl halides is 3. The van der Waals surface area contributed by atoms with Crippen molar-refractivity contribution in [1.29, 1.82) is 0 Å². The first kappa shape index (κ1) is 10.9. The first-order valence-electron chi connectivity index (χ1n) is 4.13. The molecule has 7 heteroatoms. The zero-order valence-corrected chi connectivity index (χ0v) is 8.38. The van der Waals surface area contributed by atoms with Crippen molar-refractivity contribution in [2.45, 2.75) is 6.18 Å². The predicted octanol–water partition coefficient (Wildman–Crippen LogP) is 3.41. The molecular formula is C9H4ClF3N2O. The second-order valence-corrected chi connectivity index (χ2v) is 3.37. The van der Waals surface area contributed by atoms with Crippen LogP contribution in [0.25, 0.3) is 11.4 Å². The van der Waals surface area contributed by atoms with Gasteiger partial charge in [-0.3, -0.25) is 0 Å². The van der Waals surface area contributed by atoms with Crippen LogP contribution in [0.15, 0.2) is 28.8 Å². The molecule has 0 spiro atoms. The number of aromatic nitrogens is 2. The average Bonchev–Trinajstić information content (AvgIpc) is 2.65. The fraction of sp³-hybridized carbons (Fsp3) is 0.111. The lowest BCUT2D eigenvalue weighted by Crippen LogP contribution is -2.04. The van der Waals surface area contributed by atoms with Gasteiger partial charge in [-0.05, 0) is 12.1 Å². The standard InChI is InChI=1S/C9H4ClF3N2O/c10-6-3-1-2-5(4-6)7-14-8(16-15-7)9(11,12)13/h1-4H. The molecule has 0 bridgehead atoms. The van der Waals surface area contributed by atoms with E-state index in [0.717, 1.165) is 0 Å². The van der Waals surface area contributed by atoms with Crippen LogP contribution >= 0.6 is 11.6 Å². The molecule has 0 aliphatic carbocycles. The Kier molecular flexibility index (Phi) is 2.59. The molecule has 0 fully saturated rings. The van der Waals surface area contributed by atoms with Gasteiger partial charge in [0.1, 0.15) is 0 Å². The maximum Gasteiger partial charge on any atom is 0.471 e. The molecule has 16 heavy (non-hydrogen) atoms. The molecule has 2 aromatic rings. The van der Waals surface area contributed by atoms with Crippen molar-refractivity contribution in [1.82, 2.24) is 10.1 Å². The molecule has 1 aromatic carbocycles. The smallest absolute Gasteiger partial charge is 0.329 e. The Bertz CT molecular complexity index is 509. The minimum Gasteiger partial charge on any atom is -0.329 e. The third-order valence-electron chi connectivity index (χ3n) is 1.75. The van der Waals surface area contributed by atoms with Crippen LogP contribution in [0.2, 0.25) is 5.02 Å². The van der Waals surface area contributed by atoms with Crippen LogP contribution in [0, 0.1) is 0 Å². The lowest BCUT2D eigenvalue weighted by atomic mass is 10.2. The van der Waals surface area contributed by atoms with E-state index in [1.807, 2.05) is 0 Å². The molecule has 0 N–H and O–H groups in total. The van der Waals surface area contributed by atoms with Crippen LogP contribution in [0.4, 0.5) is 13.2 Å². The fourth-order valence-corrected chi connectivity index (χ4v) is 1.27. The van der Waals surface area contributed by atoms with Gasteiger partial charge in [0.15, 0.2) is 0 Å². The molecule has 0 radical (unpaired) electrons. The topological polar surface area (TPSA) is 38.9 Å². The highest BCUT2D eigenvalue weighted by Crippen LogP contribution is 2.29. The SMILES string of the molecule is FC(F)(F)c1nc(-c2cccc(Cl)c2)no1. The van der Waals surface area contributed by atoms with Gasteiger partial charge in [-0.1, -0.05) is 28.9 Å². The molecule has 0 atom stereocenters. The van der Waals surface area contributed by atoms with Gasteiger partial charge in [0.25, 0.3) is 0 Å². The van der Waals surface area contributed by atoms with Crippen LogP contribution in [0.1, 0.15) is 5.89 Å². The quantitative estimate of drug-likeness (QED) is 0.776. The maximum atomic E-state index is 12.2. The second kappa shape index (κ2) is 3.79. The molecule has 0 saturated carbocycles. The highest BCUT2D eigenvalue weighted by Gasteiger charge is 2.38. The van der Waals surface area contributed by atoms with Gasteiger partial charge in [0.05, 0.1) is 0 Å². The van der Waals surface area contributed by atoms with Crippen LogP contribution in [-0.4, -0.2) is 10.1 Å². The summed E-state index contributed by atoms with van der Waals surface area (Å²) in [5, 5.41) is 3.61. The molecule has 2 rings (SSSR count). The van der Waals surface area contributed by atoms with Gasteiger partial charge >= 0.3 is 12.1 Å². The Morgan fingerprint density at radius 2 is 2.00 bits per heavy atom. The molecule has 0 aliphatic heterocycles. The lowest BCUT2D eigenvalue weighted by molar-refractivity contribution is -0.159. The molecule has 3 nitrogen and oxygen atoms in total. The van der Waals surface area contributed by atoms with Crippen molar-refractivity contribution in [3.05, 3.63) is 35.2 Å². The Hall–Kier alpha value is -1.56. The molecule has 0 amide bonds. The van der Waals surface area contributed by atoms with E-state index in [1.54, 1.807) is 12.1 Å². The monoisotopic (exact) mass is 248 g/mol. The van der Waals surface area contributed by atoms with Gasteiger partial charge in [0.2, 0.25) is 5.82 Å². The van der Waals surface area contributed by atoms with Crippen molar-refractivity contribution in [2.24, 2.45) is 0 Å². The van der Waals surface area contributed by atoms with Gasteiger partial charge < -0.3 is 4.52 Å². The summed E-state index contributed by atoms with van der Waals surface area (Å²) in [7, 11) is 0. The van der Waals surface area contributed by atoms with Crippen molar-refractivity contribution in [2.75, 3.05) is 0 Å². The van der Waals surface area contributed by atoms with Crippen LogP contribution in [-0.2, 0) is 6.18 Å². The first-order chi connectivity index (χ1) is 7.47. The van der Waals surface area contributed by atoms with E-state index in [1.165, 1.54) is 12.1 Å². The number of rotatable bonds is 1. The maximum absolute atomic E-state index is 12.2. The Morgan fingerprint density at radius 1 is 1.25 bits per heavy atom. The molecular weight excluding hydrogens is 245 g/mol. The summed E-state index contributed by atoms with van der Waals surface area (Å²) in [6, 6.07) is 6.17. The highest BCUT2D eigenvalue weighted by molar-refractivity contribution is 6.30. The summed E-state index contributed by atoms with van der Waals surface area (Å²) < 4.78 is 40.6. The molecule has 1 aromatic heterocycles. The van der Waals surface area contributed by atoms with Gasteiger partial charge in [0, 0.05) is 10.6 Å². The third-order valence-corrected chi connectivity index (χ3v) is 1.99. The van der Waals surface area contributed by atoms with Crippen molar-refractivity contribution < 1.29 is 17.7 Å². The first-order valence-corrected chi connectivity index (χ1v) is 4.51. The van der Waals surface area contributed by atoms with E-state index in [9.17, 15) is 13.2 Å². The van der Waals surface area contributed by atoms with E-state index in [4.69, 9.17) is 11.6 Å². The zero-order chi connectivity index (χ0) is 11.8. The Morgan fingerprint density at radius 3 is 2.56 bits per heavy atom. The molecule has 84 valence electrons. The zero-order valence-electron chi connectivity index (χ0n) is 7.62. The van der Waals surface area contributed by atoms with E-state index in [0.29, 0.717) is 10.6 Å². The summed E-state index contributed by atoms with van der Waals surface area (Å²) in [5.74, 6) is -1.52. The normalized spacial score (nSPS) is 11.8. The Balaban J connectivity index is 2.39. The lowest BCUT2D eigenvalue weighted by Gasteiger charge is -1.96. The largest absolute Gasteiger partial charge is 0.471 e. The summed E-state index contributed by atoms with van der Waals surface area (Å²) in [6.45, 7) is 0. The summed E-state index contributed by atoms with van der Waals surface area (Å²) in [6.07, 6.45) is -4.64. The number of hydrogen-bond acceptors (Lipinski definition) is 3. The number of hydrogen-bond donors (Lipinski definition) is 0. The summed E-state index contributed by atoms with van der Waals surface area (Å²) in [5.41, 5.74) is 0.367. The van der Waals surface area contributed by atoms with E-state index >= 15 is 0 Å². The number of nitrogens with zero attached hydrogens (tertiary/aromatic N) is 2. The summed E-state index contributed by atoms with van der Waals surface area (Å²) >= 11 is 5.68. The number of benzene rings is 1. The van der Waals surface area contributed by atoms with E-state index in [2.05, 4.69) is 14.7 Å². The van der Waals surface area contributed by atoms with Crippen molar-refractivity contribution in [3.8, 4) is 11.4 Å². The van der Waals surface area contributed by atoms with E-state index < -0.39 is 12.1 Å². The van der Waals surface area contributed by atoms with Gasteiger partial charge in [-0.15, -0.1) is 0 Å². The van der Waals surface area contributed by atoms with E-state index in [-0.39, 0.29) is 5.82 Å². The second-order valence-electron chi connectivity index (χ2n) is 2.93.